The zero-order valence-corrected chi connectivity index (χ0v) is 8.22. The van der Waals surface area contributed by atoms with Crippen molar-refractivity contribution in [2.45, 2.75) is 38.8 Å². The lowest BCUT2D eigenvalue weighted by molar-refractivity contribution is 0.687. The standard InChI is InChI=1S/C12H17N/c1-2-10-4-3-5-11(8-10)9-13-12-6-7-12/h3-5,8,12-13H,2,6-7,9H2,1H3. The van der Waals surface area contributed by atoms with E-state index >= 15 is 0 Å². The number of hydrogen-bond acceptors (Lipinski definition) is 1. The molecular formula is C12H17N. The van der Waals surface area contributed by atoms with Crippen LogP contribution in [-0.4, -0.2) is 6.04 Å². The summed E-state index contributed by atoms with van der Waals surface area (Å²) in [6, 6.07) is 9.66. The molecule has 1 saturated carbocycles. The maximum Gasteiger partial charge on any atom is 0.0208 e. The van der Waals surface area contributed by atoms with Gasteiger partial charge in [0, 0.05) is 12.6 Å². The molecule has 0 bridgehead atoms. The fourth-order valence-electron chi connectivity index (χ4n) is 1.51. The first kappa shape index (κ1) is 8.76. The molecule has 1 N–H and O–H groups in total. The van der Waals surface area contributed by atoms with Crippen molar-refractivity contribution in [1.82, 2.24) is 5.32 Å². The Balaban J connectivity index is 1.93. The van der Waals surface area contributed by atoms with Gasteiger partial charge >= 0.3 is 0 Å². The van der Waals surface area contributed by atoms with Crippen LogP contribution in [0.15, 0.2) is 24.3 Å². The summed E-state index contributed by atoms with van der Waals surface area (Å²) in [6.07, 6.45) is 3.87. The highest BCUT2D eigenvalue weighted by Crippen LogP contribution is 2.19. The lowest BCUT2D eigenvalue weighted by Crippen LogP contribution is -2.15. The first-order chi connectivity index (χ1) is 6.38. The van der Waals surface area contributed by atoms with Crippen LogP contribution in [0.4, 0.5) is 0 Å². The van der Waals surface area contributed by atoms with Gasteiger partial charge in [0.05, 0.1) is 0 Å². The third-order valence-electron chi connectivity index (χ3n) is 2.57. The van der Waals surface area contributed by atoms with E-state index < -0.39 is 0 Å². The molecule has 0 aromatic heterocycles. The number of aryl methyl sites for hydroxylation is 1. The second kappa shape index (κ2) is 3.93. The molecule has 1 aliphatic carbocycles. The highest BCUT2D eigenvalue weighted by Gasteiger charge is 2.19. The average molecular weight is 175 g/mol. The Morgan fingerprint density at radius 3 is 2.77 bits per heavy atom. The van der Waals surface area contributed by atoms with Gasteiger partial charge in [-0.2, -0.15) is 0 Å². The average Bonchev–Trinajstić information content (AvgIpc) is 2.99. The van der Waals surface area contributed by atoms with E-state index in [1.165, 1.54) is 24.0 Å². The summed E-state index contributed by atoms with van der Waals surface area (Å²) in [7, 11) is 0. The number of nitrogens with one attached hydrogen (secondary N) is 1. The lowest BCUT2D eigenvalue weighted by atomic mass is 10.1. The molecule has 0 aliphatic heterocycles. The lowest BCUT2D eigenvalue weighted by Gasteiger charge is -2.04. The predicted molar refractivity (Wildman–Crippen MR) is 55.7 cm³/mol. The fourth-order valence-corrected chi connectivity index (χ4v) is 1.51. The van der Waals surface area contributed by atoms with E-state index in [4.69, 9.17) is 0 Å². The van der Waals surface area contributed by atoms with Crippen molar-refractivity contribution in [1.29, 1.82) is 0 Å². The van der Waals surface area contributed by atoms with Crippen LogP contribution in [0.25, 0.3) is 0 Å². The molecule has 1 heteroatoms. The van der Waals surface area contributed by atoms with Gasteiger partial charge in [0.1, 0.15) is 0 Å². The fraction of sp³-hybridized carbons (Fsp3) is 0.500. The summed E-state index contributed by atoms with van der Waals surface area (Å²) in [4.78, 5) is 0. The van der Waals surface area contributed by atoms with Crippen molar-refractivity contribution in [3.63, 3.8) is 0 Å². The predicted octanol–water partition coefficient (Wildman–Crippen LogP) is 2.50. The minimum Gasteiger partial charge on any atom is -0.310 e. The van der Waals surface area contributed by atoms with Gasteiger partial charge < -0.3 is 5.32 Å². The zero-order valence-electron chi connectivity index (χ0n) is 8.22. The first-order valence-corrected chi connectivity index (χ1v) is 5.19. The normalized spacial score (nSPS) is 16.1. The van der Waals surface area contributed by atoms with Crippen molar-refractivity contribution in [2.24, 2.45) is 0 Å². The van der Waals surface area contributed by atoms with E-state index in [2.05, 4.69) is 36.5 Å². The molecular weight excluding hydrogens is 158 g/mol. The Hall–Kier alpha value is -0.820. The molecule has 1 nitrogen and oxygen atoms in total. The van der Waals surface area contributed by atoms with E-state index in [0.29, 0.717) is 0 Å². The van der Waals surface area contributed by atoms with Crippen LogP contribution < -0.4 is 5.32 Å². The molecule has 2 rings (SSSR count). The SMILES string of the molecule is CCc1cccc(CNC2CC2)c1. The van der Waals surface area contributed by atoms with Crippen LogP contribution in [-0.2, 0) is 13.0 Å². The monoisotopic (exact) mass is 175 g/mol. The van der Waals surface area contributed by atoms with Gasteiger partial charge in [0.15, 0.2) is 0 Å². The number of rotatable bonds is 4. The minimum atomic E-state index is 0.810. The third-order valence-corrected chi connectivity index (χ3v) is 2.57. The van der Waals surface area contributed by atoms with E-state index in [9.17, 15) is 0 Å². The highest BCUT2D eigenvalue weighted by molar-refractivity contribution is 5.23. The summed E-state index contributed by atoms with van der Waals surface area (Å²) in [6.45, 7) is 3.24. The van der Waals surface area contributed by atoms with Crippen molar-refractivity contribution in [2.75, 3.05) is 0 Å². The molecule has 1 aromatic rings. The van der Waals surface area contributed by atoms with Crippen LogP contribution in [0.1, 0.15) is 30.9 Å². The van der Waals surface area contributed by atoms with Crippen LogP contribution in [0, 0.1) is 0 Å². The van der Waals surface area contributed by atoms with Gasteiger partial charge in [-0.3, -0.25) is 0 Å². The molecule has 1 aliphatic rings. The molecule has 0 heterocycles. The third kappa shape index (κ3) is 2.56. The molecule has 0 saturated heterocycles. The maximum atomic E-state index is 3.52. The maximum absolute atomic E-state index is 3.52. The Bertz CT molecular complexity index is 276. The van der Waals surface area contributed by atoms with E-state index in [1.807, 2.05) is 0 Å². The van der Waals surface area contributed by atoms with Crippen molar-refractivity contribution >= 4 is 0 Å². The van der Waals surface area contributed by atoms with Gasteiger partial charge in [-0.1, -0.05) is 31.2 Å². The molecule has 0 atom stereocenters. The van der Waals surface area contributed by atoms with Gasteiger partial charge in [0.2, 0.25) is 0 Å². The molecule has 0 amide bonds. The second-order valence-electron chi connectivity index (χ2n) is 3.83. The van der Waals surface area contributed by atoms with E-state index in [1.54, 1.807) is 0 Å². The van der Waals surface area contributed by atoms with Gasteiger partial charge in [0.25, 0.3) is 0 Å². The van der Waals surface area contributed by atoms with Crippen molar-refractivity contribution in [3.05, 3.63) is 35.4 Å². The van der Waals surface area contributed by atoms with Crippen molar-refractivity contribution < 1.29 is 0 Å². The molecule has 0 radical (unpaired) electrons. The Morgan fingerprint density at radius 1 is 1.31 bits per heavy atom. The number of benzene rings is 1. The largest absolute Gasteiger partial charge is 0.310 e. The summed E-state index contributed by atoms with van der Waals surface area (Å²) in [5.74, 6) is 0. The second-order valence-corrected chi connectivity index (χ2v) is 3.83. The molecule has 1 aromatic carbocycles. The van der Waals surface area contributed by atoms with Crippen LogP contribution in [0.5, 0.6) is 0 Å². The Morgan fingerprint density at radius 2 is 2.08 bits per heavy atom. The quantitative estimate of drug-likeness (QED) is 0.741. The topological polar surface area (TPSA) is 12.0 Å². The molecule has 13 heavy (non-hydrogen) atoms. The van der Waals surface area contributed by atoms with E-state index in [0.717, 1.165) is 19.0 Å². The zero-order chi connectivity index (χ0) is 9.10. The smallest absolute Gasteiger partial charge is 0.0208 e. The summed E-state index contributed by atoms with van der Waals surface area (Å²) >= 11 is 0. The van der Waals surface area contributed by atoms with Gasteiger partial charge in [-0.05, 0) is 30.4 Å². The summed E-state index contributed by atoms with van der Waals surface area (Å²) in [5, 5.41) is 3.52. The van der Waals surface area contributed by atoms with Crippen molar-refractivity contribution in [3.8, 4) is 0 Å². The van der Waals surface area contributed by atoms with Gasteiger partial charge in [-0.15, -0.1) is 0 Å². The summed E-state index contributed by atoms with van der Waals surface area (Å²) in [5.41, 5.74) is 2.86. The van der Waals surface area contributed by atoms with Crippen LogP contribution >= 0.6 is 0 Å². The Kier molecular flexibility index (Phi) is 2.65. The molecule has 1 fully saturated rings. The highest BCUT2D eigenvalue weighted by atomic mass is 14.9. The minimum absolute atomic E-state index is 0.810. The summed E-state index contributed by atoms with van der Waals surface area (Å²) < 4.78 is 0. The first-order valence-electron chi connectivity index (χ1n) is 5.19. The number of hydrogen-bond donors (Lipinski definition) is 1. The molecule has 0 unspecified atom stereocenters. The Labute approximate surface area is 80.2 Å². The van der Waals surface area contributed by atoms with Crippen LogP contribution in [0.3, 0.4) is 0 Å². The van der Waals surface area contributed by atoms with E-state index in [-0.39, 0.29) is 0 Å². The molecule has 0 spiro atoms. The van der Waals surface area contributed by atoms with Gasteiger partial charge in [-0.25, -0.2) is 0 Å². The molecule has 70 valence electrons. The van der Waals surface area contributed by atoms with Crippen LogP contribution in [0.2, 0.25) is 0 Å².